The van der Waals surface area contributed by atoms with Crippen LogP contribution in [0.3, 0.4) is 0 Å². The molecule has 0 unspecified atom stereocenters. The fraction of sp³-hybridized carbons (Fsp3) is 0.200. The van der Waals surface area contributed by atoms with Crippen LogP contribution in [0.25, 0.3) is 0 Å². The minimum atomic E-state index is 0. The molecule has 1 aliphatic carbocycles. The third kappa shape index (κ3) is 51.7. The summed E-state index contributed by atoms with van der Waals surface area (Å²) in [4.78, 5) is 2.74. The quantitative estimate of drug-likeness (QED) is 0.472. The van der Waals surface area contributed by atoms with Gasteiger partial charge in [-0.15, -0.1) is 37.4 Å². The molecule has 1 aromatic heterocycles. The number of aromatic amines is 1. The summed E-state index contributed by atoms with van der Waals surface area (Å²) in [5.41, 5.74) is 0. The Kier molecular flexibility index (Phi) is 127. The zero-order chi connectivity index (χ0) is 9.78. The van der Waals surface area contributed by atoms with Gasteiger partial charge in [0.05, 0.1) is 0 Å². The van der Waals surface area contributed by atoms with E-state index in [1.165, 1.54) is 0 Å². The van der Waals surface area contributed by atoms with Crippen molar-refractivity contribution in [3.8, 4) is 0 Å². The first-order chi connectivity index (χ1) is 6.41. The zero-order valence-electron chi connectivity index (χ0n) is 13.6. The van der Waals surface area contributed by atoms with Gasteiger partial charge in [-0.1, -0.05) is 13.1 Å². The molecular formula is C15H30Cl2NSiTi-6. The molecular weight excluding hydrogens is 341 g/mol. The maximum absolute atomic E-state index is 2.99. The van der Waals surface area contributed by atoms with Crippen LogP contribution in [-0.2, 0) is 21.7 Å². The molecule has 2 rings (SSSR count). The molecule has 0 fully saturated rings. The number of hydrogen-bond acceptors (Lipinski definition) is 0. The van der Waals surface area contributed by atoms with Crippen molar-refractivity contribution in [2.45, 2.75) is 19.5 Å². The minimum Gasteiger partial charge on any atom is -0.484 e. The van der Waals surface area contributed by atoms with E-state index in [1.807, 2.05) is 30.5 Å². The summed E-state index contributed by atoms with van der Waals surface area (Å²) in [5, 5.41) is 0. The number of hydrogen-bond donors (Lipinski definition) is 1. The second-order valence-corrected chi connectivity index (χ2v) is 3.55. The standard InChI is InChI=1S/C5H5.C4H4N.C2H7Si.4CH3.2ClH.Ti/c2*1-2-4-5-3-1;1-3-2;;;;;;;/h1-3H,4H2;1-3,5H;3H,1-2H3;4*1H3;2*1H;/q2*-1;;4*-1;;;. The molecule has 123 valence electrons. The van der Waals surface area contributed by atoms with Gasteiger partial charge in [-0.25, -0.2) is 12.2 Å². The first-order valence-corrected chi connectivity index (χ1v) is 6.68. The molecule has 20 heavy (non-hydrogen) atoms. The fourth-order valence-electron chi connectivity index (χ4n) is 0.581. The van der Waals surface area contributed by atoms with Crippen molar-refractivity contribution in [2.24, 2.45) is 0 Å². The summed E-state index contributed by atoms with van der Waals surface area (Å²) in [6, 6.07) is 3.71. The van der Waals surface area contributed by atoms with Gasteiger partial charge in [0.1, 0.15) is 0 Å². The van der Waals surface area contributed by atoms with Crippen molar-refractivity contribution in [3.05, 3.63) is 78.5 Å². The summed E-state index contributed by atoms with van der Waals surface area (Å²) in [7, 11) is 0.750. The molecule has 1 N–H and O–H groups in total. The van der Waals surface area contributed by atoms with Crippen LogP contribution in [0.4, 0.5) is 0 Å². The van der Waals surface area contributed by atoms with Crippen molar-refractivity contribution < 1.29 is 21.7 Å². The molecule has 0 atom stereocenters. The van der Waals surface area contributed by atoms with E-state index in [2.05, 4.69) is 36.4 Å². The molecule has 0 saturated heterocycles. The number of rotatable bonds is 0. The molecule has 1 aromatic rings. The Hall–Kier alpha value is 0.271. The SMILES string of the molecule is C[SiH]C.Cl.Cl.[C-]1=CC=CC1.[CH3-].[CH3-].[CH3-].[CH3-].[Ti].[c-]1ccc[nH]1. The molecule has 1 aliphatic rings. The van der Waals surface area contributed by atoms with E-state index >= 15 is 0 Å². The number of halogens is 2. The molecule has 1 heterocycles. The van der Waals surface area contributed by atoms with Gasteiger partial charge in [0.25, 0.3) is 0 Å². The van der Waals surface area contributed by atoms with Crippen molar-refractivity contribution >= 4 is 34.3 Å². The summed E-state index contributed by atoms with van der Waals surface area (Å²) >= 11 is 0. The van der Waals surface area contributed by atoms with Gasteiger partial charge < -0.3 is 34.7 Å². The molecule has 0 saturated carbocycles. The predicted molar refractivity (Wildman–Crippen MR) is 100 cm³/mol. The summed E-state index contributed by atoms with van der Waals surface area (Å²) in [6.45, 7) is 4.42. The second kappa shape index (κ2) is 50.6. The van der Waals surface area contributed by atoms with Crippen molar-refractivity contribution in [2.75, 3.05) is 0 Å². The molecule has 0 bridgehead atoms. The molecule has 1 nitrogen and oxygen atoms in total. The van der Waals surface area contributed by atoms with Gasteiger partial charge in [-0.2, -0.15) is 24.4 Å². The molecule has 0 aromatic carbocycles. The zero-order valence-corrected chi connectivity index (χ0v) is 17.9. The molecule has 5 heteroatoms. The normalized spacial score (nSPS) is 7.30. The third-order valence-corrected chi connectivity index (χ3v) is 1.03. The first kappa shape index (κ1) is 50.0. The number of allylic oxidation sites excluding steroid dienone is 4. The van der Waals surface area contributed by atoms with Crippen LogP contribution in [0.2, 0.25) is 13.1 Å². The predicted octanol–water partition coefficient (Wildman–Crippen LogP) is 5.28. The van der Waals surface area contributed by atoms with E-state index in [9.17, 15) is 0 Å². The molecule has 0 amide bonds. The van der Waals surface area contributed by atoms with Crippen molar-refractivity contribution in [1.82, 2.24) is 4.98 Å². The molecule has 1 radical (unpaired) electrons. The van der Waals surface area contributed by atoms with Crippen LogP contribution in [-0.4, -0.2) is 14.5 Å². The largest absolute Gasteiger partial charge is 0.484 e. The van der Waals surface area contributed by atoms with Crippen LogP contribution in [0.15, 0.2) is 36.6 Å². The fourth-order valence-corrected chi connectivity index (χ4v) is 0.581. The van der Waals surface area contributed by atoms with Gasteiger partial charge in [0.15, 0.2) is 0 Å². The number of H-pyrrole nitrogens is 1. The Balaban J connectivity index is -0.0000000157. The van der Waals surface area contributed by atoms with E-state index in [1.54, 1.807) is 0 Å². The maximum Gasteiger partial charge on any atom is 0.0213 e. The van der Waals surface area contributed by atoms with Crippen LogP contribution in [0.5, 0.6) is 0 Å². The molecule has 0 aliphatic heterocycles. The van der Waals surface area contributed by atoms with E-state index in [0.29, 0.717) is 0 Å². The Bertz CT molecular complexity index is 201. The van der Waals surface area contributed by atoms with Crippen molar-refractivity contribution in [3.63, 3.8) is 0 Å². The Morgan fingerprint density at radius 3 is 1.65 bits per heavy atom. The van der Waals surface area contributed by atoms with Gasteiger partial charge >= 0.3 is 0 Å². The van der Waals surface area contributed by atoms with E-state index in [4.69, 9.17) is 0 Å². The van der Waals surface area contributed by atoms with Crippen LogP contribution < -0.4 is 0 Å². The van der Waals surface area contributed by atoms with Crippen LogP contribution >= 0.6 is 24.8 Å². The van der Waals surface area contributed by atoms with Gasteiger partial charge in [0.2, 0.25) is 0 Å². The summed E-state index contributed by atoms with van der Waals surface area (Å²) < 4.78 is 0. The maximum atomic E-state index is 2.99. The Morgan fingerprint density at radius 2 is 1.55 bits per heavy atom. The van der Waals surface area contributed by atoms with Gasteiger partial charge in [0, 0.05) is 31.2 Å². The van der Waals surface area contributed by atoms with Gasteiger partial charge in [-0.3, -0.25) is 6.08 Å². The smallest absolute Gasteiger partial charge is 0.0213 e. The Morgan fingerprint density at radius 1 is 1.05 bits per heavy atom. The van der Waals surface area contributed by atoms with E-state index in [-0.39, 0.29) is 76.2 Å². The number of aromatic nitrogens is 1. The monoisotopic (exact) mass is 370 g/mol. The van der Waals surface area contributed by atoms with E-state index in [0.717, 1.165) is 15.9 Å². The third-order valence-electron chi connectivity index (χ3n) is 1.03. The first-order valence-electron chi connectivity index (χ1n) is 4.37. The Labute approximate surface area is 158 Å². The minimum absolute atomic E-state index is 0. The molecule has 0 spiro atoms. The summed E-state index contributed by atoms with van der Waals surface area (Å²) in [5.74, 6) is 0. The number of nitrogens with one attached hydrogen (secondary N) is 1. The average Bonchev–Trinajstić information content (AvgIpc) is 2.85. The van der Waals surface area contributed by atoms with Crippen LogP contribution in [0.1, 0.15) is 6.42 Å². The summed E-state index contributed by atoms with van der Waals surface area (Å²) in [6.07, 6.45) is 14.6. The van der Waals surface area contributed by atoms with E-state index < -0.39 is 0 Å². The van der Waals surface area contributed by atoms with Crippen molar-refractivity contribution in [1.29, 1.82) is 0 Å². The van der Waals surface area contributed by atoms with Crippen LogP contribution in [0, 0.1) is 42.0 Å². The van der Waals surface area contributed by atoms with Gasteiger partial charge in [-0.05, 0) is 0 Å². The average molecular weight is 371 g/mol. The topological polar surface area (TPSA) is 15.8 Å². The second-order valence-electron chi connectivity index (χ2n) is 2.39.